The molecule has 0 amide bonds. The van der Waals surface area contributed by atoms with Crippen molar-refractivity contribution in [3.05, 3.63) is 87.2 Å². The number of allylic oxidation sites excluding steroid dienone is 1. The van der Waals surface area contributed by atoms with Crippen molar-refractivity contribution in [2.24, 2.45) is 10.8 Å². The third kappa shape index (κ3) is 7.02. The molecule has 41 heavy (non-hydrogen) atoms. The van der Waals surface area contributed by atoms with Gasteiger partial charge in [-0.2, -0.15) is 0 Å². The predicted molar refractivity (Wildman–Crippen MR) is 160 cm³/mol. The maximum absolute atomic E-state index is 13.3. The summed E-state index contributed by atoms with van der Waals surface area (Å²) >= 11 is 6.56. The van der Waals surface area contributed by atoms with Crippen LogP contribution in [0.1, 0.15) is 30.9 Å². The van der Waals surface area contributed by atoms with Gasteiger partial charge in [-0.3, -0.25) is 5.01 Å². The average Bonchev–Trinajstić information content (AvgIpc) is 2.94. The molecular formula is C29H35Cl2N5O5. The molecule has 1 unspecified atom stereocenters. The third-order valence-corrected chi connectivity index (χ3v) is 7.07. The SMILES string of the molecule is CCOC(=O)C1=C(COCCN(C)C2=Nc3ccccc3CN2N)NC(C)=C(C(=O)OC)C1c1ccccc1Cl.Cl. The Hall–Kier alpha value is -3.57. The van der Waals surface area contributed by atoms with Crippen LogP contribution in [0.15, 0.2) is 76.1 Å². The van der Waals surface area contributed by atoms with Crippen LogP contribution < -0.4 is 11.2 Å². The number of esters is 2. The van der Waals surface area contributed by atoms with Gasteiger partial charge in [0.1, 0.15) is 0 Å². The van der Waals surface area contributed by atoms with E-state index >= 15 is 0 Å². The lowest BCUT2D eigenvalue weighted by molar-refractivity contribution is -0.139. The van der Waals surface area contributed by atoms with E-state index in [0.29, 0.717) is 47.6 Å². The number of dihydropyridines is 1. The monoisotopic (exact) mass is 603 g/mol. The molecular weight excluding hydrogens is 569 g/mol. The molecule has 2 aromatic rings. The molecule has 0 bridgehead atoms. The third-order valence-electron chi connectivity index (χ3n) is 6.73. The molecule has 2 aromatic carbocycles. The Morgan fingerprint density at radius 3 is 2.56 bits per heavy atom. The van der Waals surface area contributed by atoms with E-state index in [2.05, 4.69) is 10.3 Å². The maximum atomic E-state index is 13.3. The summed E-state index contributed by atoms with van der Waals surface area (Å²) in [5.74, 6) is 4.93. The topological polar surface area (TPSA) is 119 Å². The van der Waals surface area contributed by atoms with Gasteiger partial charge in [-0.25, -0.2) is 20.4 Å². The number of nitrogens with two attached hydrogens (primary N) is 1. The minimum atomic E-state index is -0.801. The predicted octanol–water partition coefficient (Wildman–Crippen LogP) is 4.04. The van der Waals surface area contributed by atoms with Gasteiger partial charge in [0.2, 0.25) is 5.96 Å². The Bertz CT molecular complexity index is 1380. The zero-order valence-corrected chi connectivity index (χ0v) is 25.1. The largest absolute Gasteiger partial charge is 0.466 e. The summed E-state index contributed by atoms with van der Waals surface area (Å²) in [5, 5.41) is 5.19. The fourth-order valence-electron chi connectivity index (χ4n) is 4.82. The summed E-state index contributed by atoms with van der Waals surface area (Å²) < 4.78 is 16.5. The number of halogens is 2. The second kappa shape index (κ2) is 14.4. The number of methoxy groups -OCH3 is 1. The number of rotatable bonds is 9. The minimum Gasteiger partial charge on any atom is -0.466 e. The molecule has 0 radical (unpaired) electrons. The zero-order chi connectivity index (χ0) is 28.8. The van der Waals surface area contributed by atoms with Gasteiger partial charge in [-0.15, -0.1) is 12.4 Å². The van der Waals surface area contributed by atoms with Crippen molar-refractivity contribution in [1.82, 2.24) is 15.2 Å². The highest BCUT2D eigenvalue weighted by atomic mass is 35.5. The molecule has 0 spiro atoms. The van der Waals surface area contributed by atoms with Crippen molar-refractivity contribution in [2.75, 3.05) is 40.5 Å². The van der Waals surface area contributed by atoms with Gasteiger partial charge >= 0.3 is 11.9 Å². The van der Waals surface area contributed by atoms with Crippen molar-refractivity contribution in [3.63, 3.8) is 0 Å². The van der Waals surface area contributed by atoms with Gasteiger partial charge < -0.3 is 24.4 Å². The first-order valence-electron chi connectivity index (χ1n) is 12.9. The van der Waals surface area contributed by atoms with Crippen molar-refractivity contribution >= 4 is 47.6 Å². The molecule has 2 aliphatic rings. The van der Waals surface area contributed by atoms with Crippen LogP contribution in [0.3, 0.4) is 0 Å². The van der Waals surface area contributed by atoms with Crippen LogP contribution in [-0.2, 0) is 30.3 Å². The number of hydrogen-bond acceptors (Lipinski definition) is 10. The fourth-order valence-corrected chi connectivity index (χ4v) is 5.07. The number of aliphatic imine (C=N–C) groups is 1. The van der Waals surface area contributed by atoms with Crippen molar-refractivity contribution in [2.45, 2.75) is 26.3 Å². The first-order valence-corrected chi connectivity index (χ1v) is 13.3. The summed E-state index contributed by atoms with van der Waals surface area (Å²) in [6.45, 7) is 5.06. The number of fused-ring (bicyclic) bond motifs is 1. The van der Waals surface area contributed by atoms with Crippen LogP contribution in [-0.4, -0.2) is 68.3 Å². The van der Waals surface area contributed by atoms with E-state index in [1.54, 1.807) is 43.1 Å². The number of nitrogens with zero attached hydrogens (tertiary/aromatic N) is 3. The van der Waals surface area contributed by atoms with E-state index in [1.165, 1.54) is 7.11 Å². The number of likely N-dealkylation sites (N-methyl/N-ethyl adjacent to an activating group) is 1. The Morgan fingerprint density at radius 2 is 1.85 bits per heavy atom. The molecule has 0 fully saturated rings. The van der Waals surface area contributed by atoms with Crippen LogP contribution in [0.25, 0.3) is 0 Å². The summed E-state index contributed by atoms with van der Waals surface area (Å²) in [5.41, 5.74) is 4.08. The minimum absolute atomic E-state index is 0. The van der Waals surface area contributed by atoms with Crippen LogP contribution >= 0.6 is 24.0 Å². The van der Waals surface area contributed by atoms with E-state index in [1.807, 2.05) is 36.2 Å². The van der Waals surface area contributed by atoms with Gasteiger partial charge in [-0.05, 0) is 37.1 Å². The van der Waals surface area contributed by atoms with Gasteiger partial charge in [0, 0.05) is 24.3 Å². The smallest absolute Gasteiger partial charge is 0.336 e. The van der Waals surface area contributed by atoms with Gasteiger partial charge in [0.05, 0.1) is 61.9 Å². The van der Waals surface area contributed by atoms with Gasteiger partial charge in [0.25, 0.3) is 0 Å². The number of nitrogens with one attached hydrogen (secondary N) is 1. The zero-order valence-electron chi connectivity index (χ0n) is 23.5. The number of hydrogen-bond donors (Lipinski definition) is 2. The number of hydrazine groups is 1. The Labute approximate surface area is 251 Å². The van der Waals surface area contributed by atoms with Crippen molar-refractivity contribution < 1.29 is 23.8 Å². The molecule has 10 nitrogen and oxygen atoms in total. The lowest BCUT2D eigenvalue weighted by Crippen LogP contribution is -2.48. The highest BCUT2D eigenvalue weighted by Crippen LogP contribution is 2.41. The average molecular weight is 605 g/mol. The molecule has 2 aliphatic heterocycles. The van der Waals surface area contributed by atoms with Crippen molar-refractivity contribution in [3.8, 4) is 0 Å². The highest BCUT2D eigenvalue weighted by Gasteiger charge is 2.39. The molecule has 2 heterocycles. The number of guanidine groups is 1. The Morgan fingerprint density at radius 1 is 1.15 bits per heavy atom. The lowest BCUT2D eigenvalue weighted by atomic mass is 9.80. The first-order chi connectivity index (χ1) is 19.3. The number of benzene rings is 2. The maximum Gasteiger partial charge on any atom is 0.336 e. The number of carbonyl (C=O) groups is 2. The van der Waals surface area contributed by atoms with Crippen molar-refractivity contribution in [1.29, 1.82) is 0 Å². The summed E-state index contributed by atoms with van der Waals surface area (Å²) in [6, 6.07) is 14.9. The molecule has 4 rings (SSSR count). The number of ether oxygens (including phenoxy) is 3. The summed E-state index contributed by atoms with van der Waals surface area (Å²) in [4.78, 5) is 32.8. The van der Waals surface area contributed by atoms with Crippen LogP contribution in [0.2, 0.25) is 5.02 Å². The first kappa shape index (κ1) is 32.0. The van der Waals surface area contributed by atoms with Crippen LogP contribution in [0.5, 0.6) is 0 Å². The van der Waals surface area contributed by atoms with Crippen LogP contribution in [0, 0.1) is 0 Å². The summed E-state index contributed by atoms with van der Waals surface area (Å²) in [7, 11) is 3.19. The van der Waals surface area contributed by atoms with Gasteiger partial charge in [0.15, 0.2) is 0 Å². The molecule has 1 atom stereocenters. The van der Waals surface area contributed by atoms with E-state index in [4.69, 9.17) is 31.7 Å². The quantitative estimate of drug-likeness (QED) is 0.248. The van der Waals surface area contributed by atoms with Gasteiger partial charge in [-0.1, -0.05) is 48.0 Å². The molecule has 12 heteroatoms. The second-order valence-corrected chi connectivity index (χ2v) is 9.77. The van der Waals surface area contributed by atoms with E-state index in [-0.39, 0.29) is 36.8 Å². The molecule has 0 aliphatic carbocycles. The van der Waals surface area contributed by atoms with Crippen LogP contribution in [0.4, 0.5) is 5.69 Å². The normalized spacial score (nSPS) is 16.3. The molecule has 0 saturated carbocycles. The Balaban J connectivity index is 0.00000462. The molecule has 0 aromatic heterocycles. The Kier molecular flexibility index (Phi) is 11.2. The standard InChI is InChI=1S/C29H34ClN5O5.ClH/c1-5-40-28(37)26-23(32-18(2)24(27(36)38-4)25(26)20-11-7-8-12-21(20)30)17-39-15-14-34(3)29-33-22-13-9-6-10-19(22)16-35(29)31;/h6-13,25,32H,5,14-17,31H2,1-4H3;1H. The molecule has 220 valence electrons. The summed E-state index contributed by atoms with van der Waals surface area (Å²) in [6.07, 6.45) is 0. The van der Waals surface area contributed by atoms with E-state index < -0.39 is 17.9 Å². The fraction of sp³-hybridized carbons (Fsp3) is 0.345. The molecule has 0 saturated heterocycles. The number of para-hydroxylation sites is 1. The lowest BCUT2D eigenvalue weighted by Gasteiger charge is -2.33. The second-order valence-electron chi connectivity index (χ2n) is 9.37. The van der Waals surface area contributed by atoms with E-state index in [0.717, 1.165) is 11.3 Å². The molecule has 3 N–H and O–H groups in total. The van der Waals surface area contributed by atoms with E-state index in [9.17, 15) is 9.59 Å². The highest BCUT2D eigenvalue weighted by molar-refractivity contribution is 6.31. The number of carbonyl (C=O) groups excluding carboxylic acids is 2.